The van der Waals surface area contributed by atoms with Gasteiger partial charge in [-0.05, 0) is 55.8 Å². The van der Waals surface area contributed by atoms with Crippen LogP contribution in [0.5, 0.6) is 11.8 Å². The lowest BCUT2D eigenvalue weighted by atomic mass is 10.1. The van der Waals surface area contributed by atoms with Crippen LogP contribution in [0.4, 0.5) is 4.39 Å². The van der Waals surface area contributed by atoms with E-state index in [-0.39, 0.29) is 11.9 Å². The molecule has 2 heterocycles. The Morgan fingerprint density at radius 1 is 1.07 bits per heavy atom. The van der Waals surface area contributed by atoms with Crippen LogP contribution in [0.25, 0.3) is 5.69 Å². The predicted molar refractivity (Wildman–Crippen MR) is 112 cm³/mol. The molecule has 0 bridgehead atoms. The molecule has 1 N–H and O–H groups in total. The first-order valence-corrected chi connectivity index (χ1v) is 9.68. The quantitative estimate of drug-likeness (QED) is 0.482. The summed E-state index contributed by atoms with van der Waals surface area (Å²) < 4.78 is 20.9. The van der Waals surface area contributed by atoms with E-state index in [4.69, 9.17) is 4.74 Å². The average Bonchev–Trinajstić information content (AvgIpc) is 3.15. The fourth-order valence-corrected chi connectivity index (χ4v) is 3.22. The van der Waals surface area contributed by atoms with E-state index in [1.807, 2.05) is 43.5 Å². The van der Waals surface area contributed by atoms with Crippen LogP contribution >= 0.6 is 0 Å². The van der Waals surface area contributed by atoms with Crippen molar-refractivity contribution in [1.29, 1.82) is 0 Å². The second-order valence-electron chi connectivity index (χ2n) is 6.96. The van der Waals surface area contributed by atoms with E-state index >= 15 is 0 Å². The fraction of sp³-hybridized carbons (Fsp3) is 0.174. The Bertz CT molecular complexity index is 1110. The molecular formula is C23H22FN5O. The maximum Gasteiger partial charge on any atom is 0.321 e. The third-order valence-electron chi connectivity index (χ3n) is 4.85. The molecule has 1 unspecified atom stereocenters. The first-order valence-electron chi connectivity index (χ1n) is 9.68. The fourth-order valence-electron chi connectivity index (χ4n) is 3.22. The van der Waals surface area contributed by atoms with E-state index in [2.05, 4.69) is 27.3 Å². The van der Waals surface area contributed by atoms with Gasteiger partial charge in [0.05, 0.1) is 11.9 Å². The van der Waals surface area contributed by atoms with Crippen molar-refractivity contribution in [3.63, 3.8) is 0 Å². The summed E-state index contributed by atoms with van der Waals surface area (Å²) in [4.78, 5) is 8.10. The summed E-state index contributed by atoms with van der Waals surface area (Å²) in [7, 11) is 0. The van der Waals surface area contributed by atoms with Gasteiger partial charge in [0.1, 0.15) is 11.6 Å². The van der Waals surface area contributed by atoms with Crippen LogP contribution in [0.3, 0.4) is 0 Å². The van der Waals surface area contributed by atoms with E-state index in [0.29, 0.717) is 24.0 Å². The van der Waals surface area contributed by atoms with Crippen LogP contribution in [-0.4, -0.2) is 19.7 Å². The molecule has 0 fully saturated rings. The van der Waals surface area contributed by atoms with E-state index < -0.39 is 0 Å². The number of nitrogens with one attached hydrogen (secondary N) is 1. The van der Waals surface area contributed by atoms with Crippen LogP contribution in [0, 0.1) is 12.7 Å². The largest absolute Gasteiger partial charge is 0.424 e. The number of hydrogen-bond donors (Lipinski definition) is 1. The van der Waals surface area contributed by atoms with Crippen LogP contribution in [0.15, 0.2) is 73.2 Å². The maximum atomic E-state index is 13.5. The van der Waals surface area contributed by atoms with Gasteiger partial charge >= 0.3 is 6.01 Å². The molecule has 4 rings (SSSR count). The van der Waals surface area contributed by atoms with E-state index in [1.165, 1.54) is 12.1 Å². The van der Waals surface area contributed by atoms with Crippen molar-refractivity contribution in [3.8, 4) is 17.4 Å². The van der Waals surface area contributed by atoms with Gasteiger partial charge in [-0.15, -0.1) is 0 Å². The molecular weight excluding hydrogens is 381 g/mol. The molecule has 0 aliphatic carbocycles. The summed E-state index contributed by atoms with van der Waals surface area (Å²) >= 11 is 0. The minimum Gasteiger partial charge on any atom is -0.424 e. The SMILES string of the molecule is Cc1c(C(C)NCc2ccc(Oc3ncccn3)cc2)cnn1-c1cccc(F)c1. The molecule has 4 aromatic rings. The van der Waals surface area contributed by atoms with Crippen molar-refractivity contribution in [2.75, 3.05) is 0 Å². The summed E-state index contributed by atoms with van der Waals surface area (Å²) in [5.74, 6) is 0.409. The third-order valence-corrected chi connectivity index (χ3v) is 4.85. The van der Waals surface area contributed by atoms with Crippen molar-refractivity contribution in [3.05, 3.63) is 95.8 Å². The molecule has 7 heteroatoms. The Labute approximate surface area is 174 Å². The maximum absolute atomic E-state index is 13.5. The molecule has 1 atom stereocenters. The molecule has 0 saturated heterocycles. The molecule has 0 amide bonds. The Balaban J connectivity index is 1.38. The van der Waals surface area contributed by atoms with E-state index in [9.17, 15) is 4.39 Å². The minimum atomic E-state index is -0.277. The molecule has 152 valence electrons. The molecule has 0 aliphatic rings. The van der Waals surface area contributed by atoms with Gasteiger partial charge in [-0.25, -0.2) is 19.0 Å². The number of ether oxygens (including phenoxy) is 1. The van der Waals surface area contributed by atoms with Crippen molar-refractivity contribution in [2.24, 2.45) is 0 Å². The lowest BCUT2D eigenvalue weighted by Gasteiger charge is -2.14. The first-order chi connectivity index (χ1) is 14.6. The van der Waals surface area contributed by atoms with Crippen molar-refractivity contribution in [2.45, 2.75) is 26.4 Å². The van der Waals surface area contributed by atoms with E-state index in [1.54, 1.807) is 29.2 Å². The average molecular weight is 403 g/mol. The third kappa shape index (κ3) is 4.52. The predicted octanol–water partition coefficient (Wildman–Crippen LogP) is 4.75. The second kappa shape index (κ2) is 8.84. The Kier molecular flexibility index (Phi) is 5.81. The zero-order chi connectivity index (χ0) is 20.9. The molecule has 6 nitrogen and oxygen atoms in total. The van der Waals surface area contributed by atoms with Crippen molar-refractivity contribution >= 4 is 0 Å². The van der Waals surface area contributed by atoms with Gasteiger partial charge in [0, 0.05) is 36.2 Å². The highest BCUT2D eigenvalue weighted by molar-refractivity contribution is 5.36. The van der Waals surface area contributed by atoms with Gasteiger partial charge < -0.3 is 10.1 Å². The molecule has 0 spiro atoms. The van der Waals surface area contributed by atoms with Gasteiger partial charge in [0.15, 0.2) is 0 Å². The highest BCUT2D eigenvalue weighted by atomic mass is 19.1. The van der Waals surface area contributed by atoms with Gasteiger partial charge in [0.25, 0.3) is 0 Å². The first kappa shape index (κ1) is 19.7. The number of rotatable bonds is 7. The number of nitrogens with zero attached hydrogens (tertiary/aromatic N) is 4. The normalized spacial score (nSPS) is 12.0. The van der Waals surface area contributed by atoms with Gasteiger partial charge in [-0.3, -0.25) is 0 Å². The van der Waals surface area contributed by atoms with Gasteiger partial charge in [-0.1, -0.05) is 18.2 Å². The second-order valence-corrected chi connectivity index (χ2v) is 6.96. The zero-order valence-electron chi connectivity index (χ0n) is 16.8. The highest BCUT2D eigenvalue weighted by Gasteiger charge is 2.14. The summed E-state index contributed by atoms with van der Waals surface area (Å²) in [6.45, 7) is 4.77. The van der Waals surface area contributed by atoms with Gasteiger partial charge in [-0.2, -0.15) is 5.10 Å². The molecule has 0 radical (unpaired) electrons. The van der Waals surface area contributed by atoms with Gasteiger partial charge in [0.2, 0.25) is 0 Å². The van der Waals surface area contributed by atoms with Crippen LogP contribution < -0.4 is 10.1 Å². The summed E-state index contributed by atoms with van der Waals surface area (Å²) in [6.07, 6.45) is 5.11. The highest BCUT2D eigenvalue weighted by Crippen LogP contribution is 2.22. The molecule has 2 aromatic carbocycles. The Morgan fingerprint density at radius 2 is 1.83 bits per heavy atom. The zero-order valence-corrected chi connectivity index (χ0v) is 16.8. The summed E-state index contributed by atoms with van der Waals surface area (Å²) in [6, 6.07) is 16.4. The van der Waals surface area contributed by atoms with E-state index in [0.717, 1.165) is 16.8 Å². The standard InChI is InChI=1S/C23H22FN5O/c1-16(22-15-28-29(17(22)2)20-6-3-5-19(24)13-20)27-14-18-7-9-21(10-8-18)30-23-25-11-4-12-26-23/h3-13,15-16,27H,14H2,1-2H3. The lowest BCUT2D eigenvalue weighted by Crippen LogP contribution is -2.18. The molecule has 30 heavy (non-hydrogen) atoms. The number of hydrogen-bond acceptors (Lipinski definition) is 5. The molecule has 0 saturated carbocycles. The Hall–Kier alpha value is -3.58. The van der Waals surface area contributed by atoms with Crippen LogP contribution in [-0.2, 0) is 6.54 Å². The smallest absolute Gasteiger partial charge is 0.321 e. The summed E-state index contributed by atoms with van der Waals surface area (Å²) in [5.41, 5.74) is 3.88. The Morgan fingerprint density at radius 3 is 2.57 bits per heavy atom. The van der Waals surface area contributed by atoms with Crippen molar-refractivity contribution < 1.29 is 9.13 Å². The topological polar surface area (TPSA) is 64.9 Å². The molecule has 2 aromatic heterocycles. The van der Waals surface area contributed by atoms with Crippen molar-refractivity contribution in [1.82, 2.24) is 25.1 Å². The number of benzene rings is 2. The van der Waals surface area contributed by atoms with Crippen LogP contribution in [0.2, 0.25) is 0 Å². The monoisotopic (exact) mass is 403 g/mol. The minimum absolute atomic E-state index is 0.0842. The lowest BCUT2D eigenvalue weighted by molar-refractivity contribution is 0.441. The number of aromatic nitrogens is 4. The van der Waals surface area contributed by atoms with Crippen LogP contribution in [0.1, 0.15) is 29.8 Å². The summed E-state index contributed by atoms with van der Waals surface area (Å²) in [5, 5.41) is 7.94. The molecule has 0 aliphatic heterocycles. The number of halogens is 1.